The lowest BCUT2D eigenvalue weighted by molar-refractivity contribution is -0.119. The number of carbonyl (C=O) groups is 1. The molecule has 0 aliphatic rings. The Morgan fingerprint density at radius 3 is 2.46 bits per heavy atom. The van der Waals surface area contributed by atoms with Crippen molar-refractivity contribution in [2.75, 3.05) is 7.05 Å². The molecule has 0 aromatic carbocycles. The van der Waals surface area contributed by atoms with Crippen LogP contribution in [0, 0.1) is 0 Å². The first-order chi connectivity index (χ1) is 6.24. The van der Waals surface area contributed by atoms with E-state index in [9.17, 15) is 4.79 Å². The van der Waals surface area contributed by atoms with Crippen LogP contribution in [0.2, 0.25) is 0 Å². The first-order valence-corrected chi connectivity index (χ1v) is 4.39. The maximum absolute atomic E-state index is 11.0. The number of rotatable bonds is 4. The van der Waals surface area contributed by atoms with Crippen molar-refractivity contribution in [1.29, 1.82) is 0 Å². The molecule has 0 aliphatic heterocycles. The predicted molar refractivity (Wildman–Crippen MR) is 56.4 cm³/mol. The van der Waals surface area contributed by atoms with Gasteiger partial charge in [0.05, 0.1) is 6.42 Å². The van der Waals surface area contributed by atoms with Gasteiger partial charge in [0.1, 0.15) is 0 Å². The quantitative estimate of drug-likeness (QED) is 0.659. The number of hydrogen-bond acceptors (Lipinski definition) is 1. The number of nitrogens with one attached hydrogen (secondary N) is 1. The molecule has 0 spiro atoms. The summed E-state index contributed by atoms with van der Waals surface area (Å²) < 4.78 is 0. The van der Waals surface area contributed by atoms with Gasteiger partial charge in [0.25, 0.3) is 0 Å². The summed E-state index contributed by atoms with van der Waals surface area (Å²) >= 11 is 0. The summed E-state index contributed by atoms with van der Waals surface area (Å²) in [4.78, 5) is 11.0. The molecule has 2 heteroatoms. The molecule has 0 unspecified atom stereocenters. The van der Waals surface area contributed by atoms with Crippen molar-refractivity contribution in [3.63, 3.8) is 0 Å². The highest BCUT2D eigenvalue weighted by atomic mass is 16.1. The Bertz CT molecular complexity index is 236. The molecule has 0 saturated heterocycles. The third-order valence-electron chi connectivity index (χ3n) is 1.63. The van der Waals surface area contributed by atoms with E-state index >= 15 is 0 Å². The van der Waals surface area contributed by atoms with Gasteiger partial charge in [0, 0.05) is 7.05 Å². The molecule has 0 rings (SSSR count). The lowest BCUT2D eigenvalue weighted by atomic mass is 10.1. The molecule has 0 fully saturated rings. The van der Waals surface area contributed by atoms with Gasteiger partial charge in [0.15, 0.2) is 0 Å². The molecule has 2 nitrogen and oxygen atoms in total. The summed E-state index contributed by atoms with van der Waals surface area (Å²) in [7, 11) is 1.64. The second-order valence-corrected chi connectivity index (χ2v) is 2.60. The van der Waals surface area contributed by atoms with E-state index in [1.165, 1.54) is 0 Å². The molecule has 0 bridgehead atoms. The molecule has 0 aromatic heterocycles. The topological polar surface area (TPSA) is 29.1 Å². The van der Waals surface area contributed by atoms with Crippen molar-refractivity contribution >= 4 is 5.91 Å². The van der Waals surface area contributed by atoms with Crippen LogP contribution in [-0.4, -0.2) is 13.0 Å². The zero-order chi connectivity index (χ0) is 10.1. The molecule has 0 radical (unpaired) electrons. The van der Waals surface area contributed by atoms with Crippen LogP contribution in [0.25, 0.3) is 0 Å². The van der Waals surface area contributed by atoms with Gasteiger partial charge in [-0.15, -0.1) is 0 Å². The molecule has 0 heterocycles. The van der Waals surface area contributed by atoms with Gasteiger partial charge in [-0.1, -0.05) is 30.4 Å². The van der Waals surface area contributed by atoms with E-state index in [0.717, 1.165) is 5.57 Å². The zero-order valence-corrected chi connectivity index (χ0v) is 8.50. The average molecular weight is 179 g/mol. The summed E-state index contributed by atoms with van der Waals surface area (Å²) in [6.45, 7) is 3.89. The summed E-state index contributed by atoms with van der Waals surface area (Å²) in [5.74, 6) is 0.0400. The lowest BCUT2D eigenvalue weighted by Gasteiger charge is -1.99. The predicted octanol–water partition coefficient (Wildman–Crippen LogP) is 2.20. The Hall–Kier alpha value is -1.31. The van der Waals surface area contributed by atoms with Gasteiger partial charge in [-0.25, -0.2) is 0 Å². The molecular formula is C11H17NO. The standard InChI is InChI=1S/C11H17NO/c1-4-6-7-8-10(5-2)9-11(13)12-3/h4-8H,9H2,1-3H3,(H,12,13)/b6-4-,8-7-,10-5+. The molecular weight excluding hydrogens is 162 g/mol. The van der Waals surface area contributed by atoms with Crippen LogP contribution in [0.15, 0.2) is 36.0 Å². The Morgan fingerprint density at radius 1 is 1.31 bits per heavy atom. The van der Waals surface area contributed by atoms with E-state index < -0.39 is 0 Å². The fourth-order valence-corrected chi connectivity index (χ4v) is 0.821. The van der Waals surface area contributed by atoms with Crippen LogP contribution in [0.3, 0.4) is 0 Å². The first kappa shape index (κ1) is 11.7. The van der Waals surface area contributed by atoms with Crippen molar-refractivity contribution in [3.8, 4) is 0 Å². The van der Waals surface area contributed by atoms with E-state index in [1.807, 2.05) is 44.2 Å². The Morgan fingerprint density at radius 2 is 2.00 bits per heavy atom. The number of amides is 1. The molecule has 13 heavy (non-hydrogen) atoms. The second kappa shape index (κ2) is 7.35. The fourth-order valence-electron chi connectivity index (χ4n) is 0.821. The molecule has 0 atom stereocenters. The van der Waals surface area contributed by atoms with E-state index in [1.54, 1.807) is 7.05 Å². The third kappa shape index (κ3) is 5.91. The molecule has 72 valence electrons. The zero-order valence-electron chi connectivity index (χ0n) is 8.50. The minimum Gasteiger partial charge on any atom is -0.359 e. The summed E-state index contributed by atoms with van der Waals surface area (Å²) in [6, 6.07) is 0. The van der Waals surface area contributed by atoms with Crippen LogP contribution in [0.1, 0.15) is 20.3 Å². The smallest absolute Gasteiger partial charge is 0.224 e. The van der Waals surface area contributed by atoms with Gasteiger partial charge in [-0.05, 0) is 19.4 Å². The van der Waals surface area contributed by atoms with E-state index in [4.69, 9.17) is 0 Å². The highest BCUT2D eigenvalue weighted by molar-refractivity contribution is 5.78. The van der Waals surface area contributed by atoms with Gasteiger partial charge >= 0.3 is 0 Å². The largest absolute Gasteiger partial charge is 0.359 e. The fraction of sp³-hybridized carbons (Fsp3) is 0.364. The van der Waals surface area contributed by atoms with Crippen LogP contribution < -0.4 is 5.32 Å². The molecule has 0 saturated carbocycles. The van der Waals surface area contributed by atoms with E-state index in [-0.39, 0.29) is 5.91 Å². The maximum Gasteiger partial charge on any atom is 0.224 e. The third-order valence-corrected chi connectivity index (χ3v) is 1.63. The van der Waals surface area contributed by atoms with Crippen LogP contribution in [0.5, 0.6) is 0 Å². The maximum atomic E-state index is 11.0. The SMILES string of the molecule is C\C=C/C=C\C(=C/C)CC(=O)NC. The minimum atomic E-state index is 0.0400. The molecule has 0 aliphatic carbocycles. The molecule has 1 N–H and O–H groups in total. The average Bonchev–Trinajstić information content (AvgIpc) is 2.16. The van der Waals surface area contributed by atoms with Gasteiger partial charge < -0.3 is 5.32 Å². The van der Waals surface area contributed by atoms with Gasteiger partial charge in [0.2, 0.25) is 5.91 Å². The van der Waals surface area contributed by atoms with Crippen LogP contribution in [-0.2, 0) is 4.79 Å². The minimum absolute atomic E-state index is 0.0400. The summed E-state index contributed by atoms with van der Waals surface area (Å²) in [6.07, 6.45) is 10.1. The summed E-state index contributed by atoms with van der Waals surface area (Å²) in [5, 5.41) is 2.59. The number of hydrogen-bond donors (Lipinski definition) is 1. The summed E-state index contributed by atoms with van der Waals surface area (Å²) in [5.41, 5.74) is 1.03. The Kier molecular flexibility index (Phi) is 6.60. The Balaban J connectivity index is 4.13. The number of carbonyl (C=O) groups excluding carboxylic acids is 1. The van der Waals surface area contributed by atoms with Gasteiger partial charge in [-0.3, -0.25) is 4.79 Å². The highest BCUT2D eigenvalue weighted by Gasteiger charge is 1.98. The lowest BCUT2D eigenvalue weighted by Crippen LogP contribution is -2.17. The van der Waals surface area contributed by atoms with E-state index in [0.29, 0.717) is 6.42 Å². The van der Waals surface area contributed by atoms with Crippen molar-refractivity contribution in [2.24, 2.45) is 0 Å². The Labute approximate surface area is 80.0 Å². The first-order valence-electron chi connectivity index (χ1n) is 4.39. The van der Waals surface area contributed by atoms with Crippen molar-refractivity contribution in [1.82, 2.24) is 5.32 Å². The van der Waals surface area contributed by atoms with Crippen molar-refractivity contribution in [3.05, 3.63) is 36.0 Å². The molecule has 1 amide bonds. The van der Waals surface area contributed by atoms with Crippen molar-refractivity contribution in [2.45, 2.75) is 20.3 Å². The van der Waals surface area contributed by atoms with Gasteiger partial charge in [-0.2, -0.15) is 0 Å². The highest BCUT2D eigenvalue weighted by Crippen LogP contribution is 2.02. The number of allylic oxidation sites excluding steroid dienone is 5. The van der Waals surface area contributed by atoms with Crippen molar-refractivity contribution < 1.29 is 4.79 Å². The second-order valence-electron chi connectivity index (χ2n) is 2.60. The van der Waals surface area contributed by atoms with Crippen LogP contribution in [0.4, 0.5) is 0 Å². The molecule has 0 aromatic rings. The monoisotopic (exact) mass is 179 g/mol. The van der Waals surface area contributed by atoms with E-state index in [2.05, 4.69) is 5.32 Å². The van der Waals surface area contributed by atoms with Crippen LogP contribution >= 0.6 is 0 Å². The normalized spacial score (nSPS) is 12.7.